The van der Waals surface area contributed by atoms with Crippen LogP contribution in [0.25, 0.3) is 0 Å². The van der Waals surface area contributed by atoms with Gasteiger partial charge >= 0.3 is 0 Å². The number of nitrogens with two attached hydrogens (primary N) is 1. The molecule has 0 aromatic heterocycles. The lowest BCUT2D eigenvalue weighted by atomic mass is 9.86. The van der Waals surface area contributed by atoms with Gasteiger partial charge in [0.15, 0.2) is 5.75 Å². The lowest BCUT2D eigenvalue weighted by Gasteiger charge is -2.34. The van der Waals surface area contributed by atoms with Crippen LogP contribution in [0.4, 0.5) is 5.69 Å². The number of hydrogen-bond acceptors (Lipinski definition) is 3. The van der Waals surface area contributed by atoms with E-state index in [0.29, 0.717) is 11.5 Å². The third kappa shape index (κ3) is 2.83. The Labute approximate surface area is 114 Å². The van der Waals surface area contributed by atoms with Crippen LogP contribution in [0, 0.1) is 5.92 Å². The number of rotatable bonds is 2. The maximum atomic E-state index is 12.4. The van der Waals surface area contributed by atoms with E-state index in [1.54, 1.807) is 23.1 Å². The van der Waals surface area contributed by atoms with E-state index in [2.05, 4.69) is 6.92 Å². The Hall–Kier alpha value is -1.71. The van der Waals surface area contributed by atoms with E-state index >= 15 is 0 Å². The summed E-state index contributed by atoms with van der Waals surface area (Å²) in [5.74, 6) is 0.399. The van der Waals surface area contributed by atoms with Crippen LogP contribution in [0.15, 0.2) is 18.2 Å². The fraction of sp³-hybridized carbons (Fsp3) is 0.533. The maximum Gasteiger partial charge on any atom is 0.257 e. The van der Waals surface area contributed by atoms with E-state index in [0.717, 1.165) is 19.3 Å². The minimum atomic E-state index is -0.149. The first-order chi connectivity index (χ1) is 9.00. The summed E-state index contributed by atoms with van der Waals surface area (Å²) >= 11 is 0. The predicted octanol–water partition coefficient (Wildman–Crippen LogP) is 2.63. The van der Waals surface area contributed by atoms with E-state index in [9.17, 15) is 9.90 Å². The Bertz CT molecular complexity index is 473. The van der Waals surface area contributed by atoms with Gasteiger partial charge in [0.05, 0.1) is 11.3 Å². The topological polar surface area (TPSA) is 66.6 Å². The number of aromatic hydroxyl groups is 1. The second-order valence-electron chi connectivity index (χ2n) is 5.59. The highest BCUT2D eigenvalue weighted by molar-refractivity contribution is 5.98. The smallest absolute Gasteiger partial charge is 0.257 e. The van der Waals surface area contributed by atoms with Crippen molar-refractivity contribution < 1.29 is 9.90 Å². The Morgan fingerprint density at radius 1 is 1.42 bits per heavy atom. The molecule has 0 saturated heterocycles. The lowest BCUT2D eigenvalue weighted by molar-refractivity contribution is 0.0669. The molecule has 1 saturated carbocycles. The number of nitrogens with zero attached hydrogens (tertiary/aromatic N) is 1. The molecule has 19 heavy (non-hydrogen) atoms. The highest BCUT2D eigenvalue weighted by Gasteiger charge is 2.27. The summed E-state index contributed by atoms with van der Waals surface area (Å²) in [5.41, 5.74) is 6.18. The Morgan fingerprint density at radius 2 is 2.16 bits per heavy atom. The molecule has 4 nitrogen and oxygen atoms in total. The van der Waals surface area contributed by atoms with Gasteiger partial charge in [0.1, 0.15) is 0 Å². The molecule has 3 N–H and O–H groups in total. The first kappa shape index (κ1) is 13.7. The monoisotopic (exact) mass is 262 g/mol. The van der Waals surface area contributed by atoms with Crippen molar-refractivity contribution in [3.8, 4) is 5.75 Å². The number of amides is 1. The second-order valence-corrected chi connectivity index (χ2v) is 5.59. The Balaban J connectivity index is 2.16. The molecule has 1 aliphatic carbocycles. The van der Waals surface area contributed by atoms with Crippen LogP contribution in [-0.4, -0.2) is 29.0 Å². The molecule has 1 aromatic carbocycles. The van der Waals surface area contributed by atoms with Gasteiger partial charge in [0.25, 0.3) is 5.91 Å². The molecule has 1 aliphatic rings. The van der Waals surface area contributed by atoms with Crippen molar-refractivity contribution in [3.05, 3.63) is 23.8 Å². The molecule has 0 aliphatic heterocycles. The van der Waals surface area contributed by atoms with E-state index in [1.165, 1.54) is 6.42 Å². The molecule has 1 fully saturated rings. The number of para-hydroxylation sites is 1. The number of carbonyl (C=O) groups excluding carboxylic acids is 1. The van der Waals surface area contributed by atoms with Crippen LogP contribution in [0.2, 0.25) is 0 Å². The van der Waals surface area contributed by atoms with Crippen molar-refractivity contribution in [2.45, 2.75) is 38.6 Å². The Kier molecular flexibility index (Phi) is 3.98. The molecule has 2 atom stereocenters. The number of benzene rings is 1. The third-order valence-electron chi connectivity index (χ3n) is 4.07. The Morgan fingerprint density at radius 3 is 2.84 bits per heavy atom. The van der Waals surface area contributed by atoms with Crippen LogP contribution in [0.5, 0.6) is 5.75 Å². The summed E-state index contributed by atoms with van der Waals surface area (Å²) in [6.45, 7) is 2.22. The van der Waals surface area contributed by atoms with Crippen molar-refractivity contribution in [3.63, 3.8) is 0 Å². The molecule has 2 unspecified atom stereocenters. The molecule has 2 rings (SSSR count). The van der Waals surface area contributed by atoms with Crippen LogP contribution >= 0.6 is 0 Å². The minimum Gasteiger partial charge on any atom is -0.505 e. The van der Waals surface area contributed by atoms with Gasteiger partial charge in [-0.2, -0.15) is 0 Å². The molecule has 4 heteroatoms. The van der Waals surface area contributed by atoms with Gasteiger partial charge in [-0.05, 0) is 30.9 Å². The molecule has 0 bridgehead atoms. The number of phenolic OH excluding ortho intramolecular Hbond substituents is 1. The van der Waals surface area contributed by atoms with E-state index in [-0.39, 0.29) is 23.4 Å². The van der Waals surface area contributed by atoms with Gasteiger partial charge in [-0.15, -0.1) is 0 Å². The normalized spacial score (nSPS) is 23.1. The second kappa shape index (κ2) is 5.51. The fourth-order valence-corrected chi connectivity index (χ4v) is 2.84. The molecule has 0 radical (unpaired) electrons. The molecular formula is C15H22N2O2. The number of nitrogen functional groups attached to an aromatic ring is 1. The summed E-state index contributed by atoms with van der Waals surface area (Å²) < 4.78 is 0. The number of hydrogen-bond donors (Lipinski definition) is 2. The molecule has 0 spiro atoms. The summed E-state index contributed by atoms with van der Waals surface area (Å²) in [5, 5.41) is 9.89. The van der Waals surface area contributed by atoms with Crippen molar-refractivity contribution in [2.75, 3.05) is 12.8 Å². The predicted molar refractivity (Wildman–Crippen MR) is 76.0 cm³/mol. The average Bonchev–Trinajstić information content (AvgIpc) is 2.40. The molecule has 1 aromatic rings. The van der Waals surface area contributed by atoms with Gasteiger partial charge in [0.2, 0.25) is 0 Å². The number of phenols is 1. The highest BCUT2D eigenvalue weighted by Crippen LogP contribution is 2.30. The van der Waals surface area contributed by atoms with E-state index < -0.39 is 0 Å². The SMILES string of the molecule is CC1CCCC(N(C)C(=O)c2cccc(N)c2O)C1. The minimum absolute atomic E-state index is 0.108. The van der Waals surface area contributed by atoms with Gasteiger partial charge in [-0.1, -0.05) is 25.8 Å². The van der Waals surface area contributed by atoms with Gasteiger partial charge in [0, 0.05) is 13.1 Å². The van der Waals surface area contributed by atoms with E-state index in [4.69, 9.17) is 5.73 Å². The summed E-state index contributed by atoms with van der Waals surface area (Å²) in [6, 6.07) is 5.17. The van der Waals surface area contributed by atoms with E-state index in [1.807, 2.05) is 7.05 Å². The summed E-state index contributed by atoms with van der Waals surface area (Å²) in [4.78, 5) is 14.2. The van der Waals surface area contributed by atoms with Gasteiger partial charge in [-0.25, -0.2) is 0 Å². The zero-order valence-corrected chi connectivity index (χ0v) is 11.6. The first-order valence-corrected chi connectivity index (χ1v) is 6.85. The first-order valence-electron chi connectivity index (χ1n) is 6.85. The molecule has 0 heterocycles. The van der Waals surface area contributed by atoms with Crippen molar-refractivity contribution in [1.29, 1.82) is 0 Å². The van der Waals surface area contributed by atoms with Gasteiger partial charge < -0.3 is 15.7 Å². The molecule has 1 amide bonds. The quantitative estimate of drug-likeness (QED) is 0.636. The zero-order chi connectivity index (χ0) is 14.0. The van der Waals surface area contributed by atoms with Crippen LogP contribution in [0.1, 0.15) is 43.0 Å². The summed E-state index contributed by atoms with van der Waals surface area (Å²) in [7, 11) is 1.81. The average molecular weight is 262 g/mol. The highest BCUT2D eigenvalue weighted by atomic mass is 16.3. The number of carbonyl (C=O) groups is 1. The zero-order valence-electron chi connectivity index (χ0n) is 11.6. The fourth-order valence-electron chi connectivity index (χ4n) is 2.84. The van der Waals surface area contributed by atoms with Crippen molar-refractivity contribution >= 4 is 11.6 Å². The van der Waals surface area contributed by atoms with Gasteiger partial charge in [-0.3, -0.25) is 4.79 Å². The number of anilines is 1. The van der Waals surface area contributed by atoms with Crippen LogP contribution in [0.3, 0.4) is 0 Å². The maximum absolute atomic E-state index is 12.4. The van der Waals surface area contributed by atoms with Crippen molar-refractivity contribution in [2.24, 2.45) is 5.92 Å². The van der Waals surface area contributed by atoms with Crippen molar-refractivity contribution in [1.82, 2.24) is 4.90 Å². The van der Waals surface area contributed by atoms with Crippen LogP contribution < -0.4 is 5.73 Å². The lowest BCUT2D eigenvalue weighted by Crippen LogP contribution is -2.39. The van der Waals surface area contributed by atoms with Crippen LogP contribution in [-0.2, 0) is 0 Å². The third-order valence-corrected chi connectivity index (χ3v) is 4.07. The standard InChI is InChI=1S/C15H22N2O2/c1-10-5-3-6-11(9-10)17(2)15(19)12-7-4-8-13(16)14(12)18/h4,7-8,10-11,18H,3,5-6,9,16H2,1-2H3. The largest absolute Gasteiger partial charge is 0.505 e. The molecule has 104 valence electrons. The summed E-state index contributed by atoms with van der Waals surface area (Å²) in [6.07, 6.45) is 4.47. The molecular weight excluding hydrogens is 240 g/mol.